The van der Waals surface area contributed by atoms with Gasteiger partial charge in [-0.15, -0.1) is 9.78 Å². The van der Waals surface area contributed by atoms with E-state index in [0.717, 1.165) is 22.5 Å². The number of nitrogens with zero attached hydrogens (tertiary/aromatic N) is 6. The molecule has 5 aromatic carbocycles. The highest BCUT2D eigenvalue weighted by Crippen LogP contribution is 2.32. The minimum atomic E-state index is -4.54. The molecule has 0 fully saturated rings. The number of rotatable bonds is 8. The van der Waals surface area contributed by atoms with Gasteiger partial charge < -0.3 is 0 Å². The number of anilines is 1. The maximum atomic E-state index is 13.9. The molecule has 6 aromatic rings. The summed E-state index contributed by atoms with van der Waals surface area (Å²) in [5, 5.41) is 9.18. The predicted molar refractivity (Wildman–Crippen MR) is 169 cm³/mol. The van der Waals surface area contributed by atoms with E-state index in [4.69, 9.17) is 0 Å². The van der Waals surface area contributed by atoms with Crippen LogP contribution in [0.4, 0.5) is 11.4 Å². The standard InChI is InChI=1S/C33H28N6O4S2/c1-25-13-21-31(22-14-25)44(40,41)39(45(42,43)32-23-15-26(2)16-24-32)30-19-17-27(18-20-30)34-33-35-38(29-11-7-4-8-12-29)36-37(33)28-9-5-3-6-10-28/h3-24H,1-2H3. The highest BCUT2D eigenvalue weighted by atomic mass is 32.3. The summed E-state index contributed by atoms with van der Waals surface area (Å²) in [6.45, 7) is 3.64. The van der Waals surface area contributed by atoms with Crippen molar-refractivity contribution >= 4 is 31.4 Å². The molecule has 0 N–H and O–H groups in total. The second-order valence-corrected chi connectivity index (χ2v) is 14.0. The first-order chi connectivity index (χ1) is 21.6. The molecule has 10 nitrogen and oxygen atoms in total. The van der Waals surface area contributed by atoms with E-state index in [1.807, 2.05) is 74.5 Å². The highest BCUT2D eigenvalue weighted by Gasteiger charge is 2.37. The van der Waals surface area contributed by atoms with Crippen LogP contribution in [0.15, 0.2) is 148 Å². The lowest BCUT2D eigenvalue weighted by molar-refractivity contribution is -0.723. The Kier molecular flexibility index (Phi) is 7.92. The maximum absolute atomic E-state index is 13.9. The van der Waals surface area contributed by atoms with Crippen molar-refractivity contribution in [2.75, 3.05) is 3.71 Å². The van der Waals surface area contributed by atoms with Crippen LogP contribution in [-0.2, 0) is 20.0 Å². The van der Waals surface area contributed by atoms with Gasteiger partial charge in [0.1, 0.15) is 5.69 Å². The van der Waals surface area contributed by atoms with Crippen molar-refractivity contribution in [1.82, 2.24) is 15.0 Å². The summed E-state index contributed by atoms with van der Waals surface area (Å²) < 4.78 is 57.8. The molecular weight excluding hydrogens is 609 g/mol. The van der Waals surface area contributed by atoms with Crippen molar-refractivity contribution in [3.63, 3.8) is 0 Å². The van der Waals surface area contributed by atoms with Crippen LogP contribution in [0.25, 0.3) is 11.4 Å². The minimum absolute atomic E-state index is 0.0704. The van der Waals surface area contributed by atoms with E-state index < -0.39 is 20.0 Å². The molecule has 0 unspecified atom stereocenters. The third-order valence-corrected chi connectivity index (χ3v) is 11.1. The van der Waals surface area contributed by atoms with Gasteiger partial charge in [0, 0.05) is 10.9 Å². The molecule has 1 aromatic heterocycles. The van der Waals surface area contributed by atoms with E-state index in [1.54, 1.807) is 28.9 Å². The third kappa shape index (κ3) is 6.06. The normalized spacial score (nSPS) is 12.3. The Bertz CT molecular complexity index is 2160. The minimum Gasteiger partial charge on any atom is -0.288 e. The van der Waals surface area contributed by atoms with Crippen molar-refractivity contribution in [1.29, 1.82) is 0 Å². The number of hydrogen-bond donors (Lipinski definition) is 0. The summed E-state index contributed by atoms with van der Waals surface area (Å²) in [6.07, 6.45) is 0. The Morgan fingerprint density at radius 2 is 1.13 bits per heavy atom. The molecule has 0 radical (unpaired) electrons. The van der Waals surface area contributed by atoms with Crippen LogP contribution in [0.3, 0.4) is 0 Å². The molecule has 0 aliphatic rings. The molecule has 0 spiro atoms. The fourth-order valence-electron chi connectivity index (χ4n) is 4.53. The Labute approximate surface area is 261 Å². The quantitative estimate of drug-likeness (QED) is 0.226. The van der Waals surface area contributed by atoms with Crippen LogP contribution in [0.5, 0.6) is 0 Å². The molecule has 226 valence electrons. The van der Waals surface area contributed by atoms with E-state index in [-0.39, 0.29) is 21.1 Å². The van der Waals surface area contributed by atoms with Gasteiger partial charge >= 0.3 is 0 Å². The van der Waals surface area contributed by atoms with Crippen LogP contribution < -0.4 is 19.2 Å². The van der Waals surface area contributed by atoms with Crippen molar-refractivity contribution < 1.29 is 21.6 Å². The number of aromatic nitrogens is 4. The van der Waals surface area contributed by atoms with Gasteiger partial charge in [-0.3, -0.25) is 4.99 Å². The molecule has 0 bridgehead atoms. The van der Waals surface area contributed by atoms with E-state index in [1.165, 1.54) is 53.3 Å². The maximum Gasteiger partial charge on any atom is 0.277 e. The van der Waals surface area contributed by atoms with Crippen LogP contribution in [0.2, 0.25) is 0 Å². The second kappa shape index (κ2) is 12.0. The zero-order valence-corrected chi connectivity index (χ0v) is 26.0. The van der Waals surface area contributed by atoms with Crippen LogP contribution in [0.1, 0.15) is 11.1 Å². The van der Waals surface area contributed by atoms with Gasteiger partial charge in [0.05, 0.1) is 15.5 Å². The number of para-hydroxylation sites is 2. The molecule has 0 saturated heterocycles. The SMILES string of the molecule is Cc1ccc(S(=O)(=O)N(c2ccc(N=c3[n-][n+](-c4ccccc4)nn3-c3ccccc3)cc2)S(=O)(=O)c2ccc(C)cc2)cc1. The molecule has 45 heavy (non-hydrogen) atoms. The van der Waals surface area contributed by atoms with E-state index in [9.17, 15) is 16.8 Å². The average Bonchev–Trinajstić information content (AvgIpc) is 3.47. The Morgan fingerprint density at radius 3 is 1.64 bits per heavy atom. The molecule has 0 atom stereocenters. The average molecular weight is 637 g/mol. The lowest BCUT2D eigenvalue weighted by Gasteiger charge is -2.24. The van der Waals surface area contributed by atoms with Gasteiger partial charge in [-0.1, -0.05) is 76.6 Å². The largest absolute Gasteiger partial charge is 0.288 e. The first-order valence-electron chi connectivity index (χ1n) is 13.9. The molecule has 12 heteroatoms. The topological polar surface area (TPSA) is 120 Å². The molecule has 1 heterocycles. The van der Waals surface area contributed by atoms with Crippen molar-refractivity contribution in [2.24, 2.45) is 4.99 Å². The van der Waals surface area contributed by atoms with E-state index in [2.05, 4.69) is 15.3 Å². The smallest absolute Gasteiger partial charge is 0.277 e. The summed E-state index contributed by atoms with van der Waals surface area (Å²) in [6, 6.07) is 36.7. The summed E-state index contributed by atoms with van der Waals surface area (Å²) in [7, 11) is -9.09. The monoisotopic (exact) mass is 636 g/mol. The predicted octanol–water partition coefficient (Wildman–Crippen LogP) is 4.54. The van der Waals surface area contributed by atoms with Crippen LogP contribution in [-0.4, -0.2) is 26.7 Å². The van der Waals surface area contributed by atoms with Gasteiger partial charge in [0.2, 0.25) is 0 Å². The first kappa shape index (κ1) is 29.7. The fraction of sp³-hybridized carbons (Fsp3) is 0.0606. The Hall–Kier alpha value is -5.33. The molecule has 0 aliphatic heterocycles. The molecule has 0 amide bonds. The highest BCUT2D eigenvalue weighted by molar-refractivity contribution is 8.10. The van der Waals surface area contributed by atoms with Gasteiger partial charge in [-0.25, -0.2) is 16.8 Å². The lowest BCUT2D eigenvalue weighted by Crippen LogP contribution is -2.40. The van der Waals surface area contributed by atoms with Crippen LogP contribution >= 0.6 is 0 Å². The molecule has 0 saturated carbocycles. The zero-order chi connectivity index (χ0) is 31.6. The van der Waals surface area contributed by atoms with Crippen molar-refractivity contribution in [2.45, 2.75) is 23.6 Å². The Morgan fingerprint density at radius 1 is 0.644 bits per heavy atom. The third-order valence-electron chi connectivity index (χ3n) is 6.90. The number of tetrazole rings is 1. The van der Waals surface area contributed by atoms with Gasteiger partial charge in [-0.05, 0) is 86.6 Å². The molecule has 6 rings (SSSR count). The number of aryl methyl sites for hydroxylation is 2. The van der Waals surface area contributed by atoms with Crippen molar-refractivity contribution in [3.8, 4) is 11.4 Å². The number of hydrogen-bond acceptors (Lipinski definition) is 6. The summed E-state index contributed by atoms with van der Waals surface area (Å²) >= 11 is 0. The van der Waals surface area contributed by atoms with Gasteiger partial charge in [-0.2, -0.15) is 3.71 Å². The lowest BCUT2D eigenvalue weighted by atomic mass is 10.2. The molecule has 0 aliphatic carbocycles. The van der Waals surface area contributed by atoms with Crippen LogP contribution in [0, 0.1) is 13.8 Å². The van der Waals surface area contributed by atoms with Gasteiger partial charge in [0.25, 0.3) is 25.7 Å². The second-order valence-electron chi connectivity index (χ2n) is 10.2. The summed E-state index contributed by atoms with van der Waals surface area (Å²) in [5.74, 6) is 0. The Balaban J connectivity index is 1.46. The summed E-state index contributed by atoms with van der Waals surface area (Å²) in [5.41, 5.74) is 3.73. The first-order valence-corrected chi connectivity index (χ1v) is 16.8. The van der Waals surface area contributed by atoms with Crippen molar-refractivity contribution in [3.05, 3.63) is 150 Å². The fourth-order valence-corrected chi connectivity index (χ4v) is 8.22. The van der Waals surface area contributed by atoms with E-state index in [0.29, 0.717) is 9.40 Å². The zero-order valence-electron chi connectivity index (χ0n) is 24.3. The summed E-state index contributed by atoms with van der Waals surface area (Å²) in [4.78, 5) is 5.83. The van der Waals surface area contributed by atoms with E-state index >= 15 is 0 Å². The van der Waals surface area contributed by atoms with Gasteiger partial charge in [0.15, 0.2) is 5.69 Å². The number of benzene rings is 5. The molecular formula is C33H28N6O4S2. The number of sulfonamides is 2.